The van der Waals surface area contributed by atoms with Crippen LogP contribution in [-0.4, -0.2) is 26.6 Å². The van der Waals surface area contributed by atoms with Gasteiger partial charge in [0.1, 0.15) is 24.8 Å². The molecule has 2 aromatic heterocycles. The normalized spacial score (nSPS) is 10.8. The van der Waals surface area contributed by atoms with E-state index >= 15 is 0 Å². The second kappa shape index (κ2) is 9.75. The van der Waals surface area contributed by atoms with Gasteiger partial charge in [-0.05, 0) is 36.4 Å². The number of hydrogen-bond acceptors (Lipinski definition) is 8. The smallest absolute Gasteiger partial charge is 0.437 e. The van der Waals surface area contributed by atoms with Crippen molar-refractivity contribution in [3.63, 3.8) is 0 Å². The van der Waals surface area contributed by atoms with Gasteiger partial charge in [0.25, 0.3) is 0 Å². The van der Waals surface area contributed by atoms with E-state index in [0.29, 0.717) is 11.3 Å². The highest BCUT2D eigenvalue weighted by Crippen LogP contribution is 2.30. The zero-order chi connectivity index (χ0) is 24.2. The minimum Gasteiger partial charge on any atom is -0.458 e. The fourth-order valence-electron chi connectivity index (χ4n) is 2.94. The van der Waals surface area contributed by atoms with Gasteiger partial charge in [-0.3, -0.25) is 14.5 Å². The second-order valence-corrected chi connectivity index (χ2v) is 7.76. The van der Waals surface area contributed by atoms with Crippen molar-refractivity contribution in [2.75, 3.05) is 4.90 Å². The molecule has 0 fully saturated rings. The third-order valence-corrected chi connectivity index (χ3v) is 5.37. The first-order chi connectivity index (χ1) is 16.3. The average Bonchev–Trinajstić information content (AvgIpc) is 3.41. The van der Waals surface area contributed by atoms with Gasteiger partial charge < -0.3 is 9.15 Å². The van der Waals surface area contributed by atoms with Crippen molar-refractivity contribution in [3.8, 4) is 11.5 Å². The van der Waals surface area contributed by atoms with E-state index in [2.05, 4.69) is 10.1 Å². The summed E-state index contributed by atoms with van der Waals surface area (Å²) >= 11 is 1.08. The zero-order valence-electron chi connectivity index (χ0n) is 17.6. The van der Waals surface area contributed by atoms with Crippen LogP contribution in [0.5, 0.6) is 0 Å². The molecule has 0 bridgehead atoms. The molecule has 0 saturated carbocycles. The van der Waals surface area contributed by atoms with Gasteiger partial charge in [-0.15, -0.1) is 16.4 Å². The molecule has 0 radical (unpaired) electrons. The molecule has 0 aliphatic heterocycles. The molecule has 0 N–H and O–H groups in total. The number of esters is 1. The van der Waals surface area contributed by atoms with E-state index in [0.717, 1.165) is 20.9 Å². The van der Waals surface area contributed by atoms with Crippen molar-refractivity contribution >= 4 is 34.0 Å². The molecule has 4 rings (SSSR count). The summed E-state index contributed by atoms with van der Waals surface area (Å²) in [4.78, 5) is 41.6. The number of benzene rings is 2. The number of thiazole rings is 1. The van der Waals surface area contributed by atoms with E-state index < -0.39 is 35.8 Å². The maximum Gasteiger partial charge on any atom is 0.437 e. The highest BCUT2D eigenvalue weighted by atomic mass is 32.1. The van der Waals surface area contributed by atoms with E-state index in [4.69, 9.17) is 9.15 Å². The monoisotopic (exact) mass is 486 g/mol. The number of para-hydroxylation sites is 1. The van der Waals surface area contributed by atoms with Crippen LogP contribution < -0.4 is 10.7 Å². The summed E-state index contributed by atoms with van der Waals surface area (Å²) in [5.41, 5.74) is 0.746. The van der Waals surface area contributed by atoms with Crippen LogP contribution in [0.1, 0.15) is 12.6 Å². The number of halogens is 2. The summed E-state index contributed by atoms with van der Waals surface area (Å²) in [6.07, 6.45) is 0. The van der Waals surface area contributed by atoms with Crippen LogP contribution in [0.15, 0.2) is 63.1 Å². The van der Waals surface area contributed by atoms with Gasteiger partial charge in [-0.2, -0.15) is 4.68 Å². The first kappa shape index (κ1) is 23.0. The number of hydrogen-bond donors (Lipinski definition) is 0. The van der Waals surface area contributed by atoms with Crippen molar-refractivity contribution in [1.82, 2.24) is 14.8 Å². The Labute approximate surface area is 194 Å². The second-order valence-electron chi connectivity index (χ2n) is 6.93. The first-order valence-electron chi connectivity index (χ1n) is 9.81. The molecule has 1 amide bonds. The van der Waals surface area contributed by atoms with Crippen LogP contribution in [-0.2, 0) is 27.5 Å². The molecule has 0 spiro atoms. The first-order valence-corrected chi connectivity index (χ1v) is 10.7. The molecule has 2 aromatic carbocycles. The third-order valence-electron chi connectivity index (χ3n) is 4.50. The van der Waals surface area contributed by atoms with Crippen LogP contribution in [0.3, 0.4) is 0 Å². The van der Waals surface area contributed by atoms with Gasteiger partial charge in [0.2, 0.25) is 11.8 Å². The Morgan fingerprint density at radius 3 is 2.59 bits per heavy atom. The van der Waals surface area contributed by atoms with Crippen molar-refractivity contribution in [3.05, 3.63) is 81.8 Å². The Morgan fingerprint density at radius 1 is 1.15 bits per heavy atom. The number of rotatable bonds is 7. The van der Waals surface area contributed by atoms with Crippen molar-refractivity contribution < 1.29 is 27.5 Å². The van der Waals surface area contributed by atoms with Crippen LogP contribution in [0, 0.1) is 11.6 Å². The number of nitrogens with zero attached hydrogens (tertiary/aromatic N) is 4. The van der Waals surface area contributed by atoms with Crippen molar-refractivity contribution in [2.45, 2.75) is 20.1 Å². The summed E-state index contributed by atoms with van der Waals surface area (Å²) < 4.78 is 38.1. The Morgan fingerprint density at radius 2 is 1.88 bits per heavy atom. The van der Waals surface area contributed by atoms with E-state index in [1.807, 2.05) is 0 Å². The highest BCUT2D eigenvalue weighted by molar-refractivity contribution is 7.14. The van der Waals surface area contributed by atoms with Gasteiger partial charge in [-0.25, -0.2) is 18.6 Å². The predicted molar refractivity (Wildman–Crippen MR) is 117 cm³/mol. The van der Waals surface area contributed by atoms with E-state index in [1.165, 1.54) is 49.4 Å². The summed E-state index contributed by atoms with van der Waals surface area (Å²) in [6, 6.07) is 10.9. The lowest BCUT2D eigenvalue weighted by atomic mass is 10.2. The molecule has 2 heterocycles. The van der Waals surface area contributed by atoms with Crippen LogP contribution in [0.25, 0.3) is 11.5 Å². The number of aromatic nitrogens is 3. The molecule has 174 valence electrons. The lowest BCUT2D eigenvalue weighted by Gasteiger charge is -2.18. The number of amides is 1. The minimum atomic E-state index is -0.880. The van der Waals surface area contributed by atoms with Gasteiger partial charge in [-0.1, -0.05) is 12.1 Å². The largest absolute Gasteiger partial charge is 0.458 e. The fraction of sp³-hybridized carbons (Fsp3) is 0.136. The van der Waals surface area contributed by atoms with Gasteiger partial charge >= 0.3 is 11.7 Å². The molecule has 12 heteroatoms. The minimum absolute atomic E-state index is 0.0512. The number of ether oxygens (including phenoxy) is 1. The Bertz CT molecular complexity index is 1400. The molecule has 0 aliphatic carbocycles. The number of carbonyl (C=O) groups is 2. The molecule has 34 heavy (non-hydrogen) atoms. The predicted octanol–water partition coefficient (Wildman–Crippen LogP) is 3.67. The maximum absolute atomic E-state index is 14.2. The highest BCUT2D eigenvalue weighted by Gasteiger charge is 2.21. The lowest BCUT2D eigenvalue weighted by Crippen LogP contribution is -2.24. The maximum atomic E-state index is 14.2. The van der Waals surface area contributed by atoms with E-state index in [-0.39, 0.29) is 23.3 Å². The van der Waals surface area contributed by atoms with Crippen LogP contribution >= 0.6 is 11.3 Å². The van der Waals surface area contributed by atoms with Gasteiger partial charge in [0.05, 0.1) is 11.4 Å². The van der Waals surface area contributed by atoms with Crippen molar-refractivity contribution in [2.24, 2.45) is 0 Å². The number of anilines is 2. The molecular formula is C22H16F2N4O5S. The lowest BCUT2D eigenvalue weighted by molar-refractivity contribution is -0.146. The summed E-state index contributed by atoms with van der Waals surface area (Å²) in [5.74, 6) is -3.22. The van der Waals surface area contributed by atoms with Crippen LogP contribution in [0.2, 0.25) is 0 Å². The zero-order valence-corrected chi connectivity index (χ0v) is 18.4. The Kier molecular flexibility index (Phi) is 6.59. The topological polar surface area (TPSA) is 108 Å². The molecule has 0 saturated heterocycles. The van der Waals surface area contributed by atoms with E-state index in [1.54, 1.807) is 11.4 Å². The molecule has 4 aromatic rings. The average molecular weight is 486 g/mol. The Hall–Kier alpha value is -4.19. The molecule has 9 nitrogen and oxygen atoms in total. The van der Waals surface area contributed by atoms with Crippen molar-refractivity contribution in [1.29, 1.82) is 0 Å². The van der Waals surface area contributed by atoms with Gasteiger partial charge in [0, 0.05) is 17.9 Å². The number of carbonyl (C=O) groups excluding carboxylic acids is 2. The molecule has 0 aliphatic rings. The quantitative estimate of drug-likeness (QED) is 0.367. The molecule has 0 atom stereocenters. The molecule has 0 unspecified atom stereocenters. The standard InChI is InChI=1S/C22H16F2N4O5S/c1-13(29)28(18-5-3-2-4-17(18)24)21-25-16(12-34-21)11-32-19(30)10-27-22(31)33-20(26-27)14-6-8-15(23)9-7-14/h2-9,12H,10-11H2,1H3. The SMILES string of the molecule is CC(=O)N(c1nc(COC(=O)Cn2nc(-c3ccc(F)cc3)oc2=O)cs1)c1ccccc1F. The summed E-state index contributed by atoms with van der Waals surface area (Å²) in [6.45, 7) is 0.522. The summed E-state index contributed by atoms with van der Waals surface area (Å²) in [7, 11) is 0. The summed E-state index contributed by atoms with van der Waals surface area (Å²) in [5, 5.41) is 5.69. The van der Waals surface area contributed by atoms with E-state index in [9.17, 15) is 23.2 Å². The van der Waals surface area contributed by atoms with Gasteiger partial charge in [0.15, 0.2) is 5.13 Å². The Balaban J connectivity index is 1.41. The third kappa shape index (κ3) is 5.07. The van der Waals surface area contributed by atoms with Crippen LogP contribution in [0.4, 0.5) is 19.6 Å². The fourth-order valence-corrected chi connectivity index (χ4v) is 3.81. The molecular weight excluding hydrogens is 470 g/mol.